The van der Waals surface area contributed by atoms with Crippen LogP contribution in [0.25, 0.3) is 0 Å². The standard InChI is InChI=1S/C17H23N5O/c1-2-4-14(3-1)21-12-15-5-7-20-22(15)10-6-16(21)13-23-17-11-18-8-9-19-17/h5,7-9,11,14,16H,1-4,6,10,12-13H2/t16-/m1/s1. The van der Waals surface area contributed by atoms with Gasteiger partial charge < -0.3 is 4.74 Å². The third-order valence-electron chi connectivity index (χ3n) is 5.05. The molecule has 1 atom stereocenters. The largest absolute Gasteiger partial charge is 0.475 e. The molecule has 0 aromatic carbocycles. The molecule has 1 fully saturated rings. The van der Waals surface area contributed by atoms with Gasteiger partial charge in [0.25, 0.3) is 0 Å². The topological polar surface area (TPSA) is 56.1 Å². The quantitative estimate of drug-likeness (QED) is 0.866. The Bertz CT molecular complexity index is 623. The maximum Gasteiger partial charge on any atom is 0.232 e. The van der Waals surface area contributed by atoms with E-state index in [1.165, 1.54) is 31.4 Å². The van der Waals surface area contributed by atoms with Crippen LogP contribution in [-0.2, 0) is 13.1 Å². The van der Waals surface area contributed by atoms with Gasteiger partial charge in [0.2, 0.25) is 5.88 Å². The van der Waals surface area contributed by atoms with Gasteiger partial charge in [0.05, 0.1) is 11.9 Å². The second kappa shape index (κ2) is 6.66. The predicted molar refractivity (Wildman–Crippen MR) is 86.0 cm³/mol. The highest BCUT2D eigenvalue weighted by molar-refractivity contribution is 5.05. The molecule has 6 nitrogen and oxygen atoms in total. The van der Waals surface area contributed by atoms with Gasteiger partial charge in [0.15, 0.2) is 0 Å². The molecule has 122 valence electrons. The summed E-state index contributed by atoms with van der Waals surface area (Å²) in [5, 5.41) is 4.46. The lowest BCUT2D eigenvalue weighted by Crippen LogP contribution is -2.44. The Kier molecular flexibility index (Phi) is 4.24. The third-order valence-corrected chi connectivity index (χ3v) is 5.05. The molecular weight excluding hydrogens is 290 g/mol. The molecule has 2 aromatic rings. The van der Waals surface area contributed by atoms with Crippen molar-refractivity contribution in [2.45, 2.75) is 57.3 Å². The molecule has 23 heavy (non-hydrogen) atoms. The van der Waals surface area contributed by atoms with Crippen molar-refractivity contribution in [2.24, 2.45) is 0 Å². The minimum atomic E-state index is 0.404. The van der Waals surface area contributed by atoms with E-state index in [1.54, 1.807) is 18.6 Å². The number of nitrogens with zero attached hydrogens (tertiary/aromatic N) is 5. The van der Waals surface area contributed by atoms with Crippen molar-refractivity contribution >= 4 is 0 Å². The van der Waals surface area contributed by atoms with E-state index >= 15 is 0 Å². The van der Waals surface area contributed by atoms with Crippen LogP contribution in [0.1, 0.15) is 37.8 Å². The van der Waals surface area contributed by atoms with Gasteiger partial charge in [-0.05, 0) is 25.3 Å². The summed E-state index contributed by atoms with van der Waals surface area (Å²) in [5.41, 5.74) is 1.32. The van der Waals surface area contributed by atoms with Crippen molar-refractivity contribution in [3.63, 3.8) is 0 Å². The number of rotatable bonds is 4. The molecule has 0 amide bonds. The molecule has 6 heteroatoms. The SMILES string of the molecule is c1cnc(OC[C@H]2CCn3nccc3CN2C2CCCC2)cn1. The molecule has 0 unspecified atom stereocenters. The number of aromatic nitrogens is 4. The molecule has 4 rings (SSSR count). The van der Waals surface area contributed by atoms with Gasteiger partial charge >= 0.3 is 0 Å². The zero-order valence-electron chi connectivity index (χ0n) is 13.3. The molecule has 1 aliphatic heterocycles. The maximum absolute atomic E-state index is 5.92. The molecule has 0 N–H and O–H groups in total. The Morgan fingerprint density at radius 3 is 2.87 bits per heavy atom. The fourth-order valence-corrected chi connectivity index (χ4v) is 3.83. The molecule has 1 aliphatic carbocycles. The van der Waals surface area contributed by atoms with Crippen molar-refractivity contribution in [1.82, 2.24) is 24.6 Å². The highest BCUT2D eigenvalue weighted by atomic mass is 16.5. The minimum absolute atomic E-state index is 0.404. The lowest BCUT2D eigenvalue weighted by molar-refractivity contribution is 0.0823. The summed E-state index contributed by atoms with van der Waals surface area (Å²) in [6, 6.07) is 3.22. The van der Waals surface area contributed by atoms with E-state index < -0.39 is 0 Å². The number of aryl methyl sites for hydroxylation is 1. The lowest BCUT2D eigenvalue weighted by Gasteiger charge is -2.34. The summed E-state index contributed by atoms with van der Waals surface area (Å²) in [5.74, 6) is 0.612. The molecule has 2 aliphatic rings. The van der Waals surface area contributed by atoms with Crippen molar-refractivity contribution < 1.29 is 4.74 Å². The predicted octanol–water partition coefficient (Wildman–Crippen LogP) is 2.27. The van der Waals surface area contributed by atoms with E-state index in [0.29, 0.717) is 24.6 Å². The van der Waals surface area contributed by atoms with E-state index in [9.17, 15) is 0 Å². The molecule has 1 saturated carbocycles. The summed E-state index contributed by atoms with van der Waals surface area (Å²) in [7, 11) is 0. The Balaban J connectivity index is 1.49. The van der Waals surface area contributed by atoms with E-state index in [-0.39, 0.29) is 0 Å². The van der Waals surface area contributed by atoms with Crippen LogP contribution in [0.15, 0.2) is 30.9 Å². The fourth-order valence-electron chi connectivity index (χ4n) is 3.83. The molecular formula is C17H23N5O. The Morgan fingerprint density at radius 1 is 1.13 bits per heavy atom. The monoisotopic (exact) mass is 313 g/mol. The zero-order valence-corrected chi connectivity index (χ0v) is 13.3. The average Bonchev–Trinajstić information content (AvgIpc) is 3.24. The maximum atomic E-state index is 5.92. The van der Waals surface area contributed by atoms with Crippen LogP contribution in [-0.4, -0.2) is 43.3 Å². The van der Waals surface area contributed by atoms with Gasteiger partial charge in [-0.1, -0.05) is 12.8 Å². The third kappa shape index (κ3) is 3.22. The Labute approximate surface area is 136 Å². The normalized spacial score (nSPS) is 22.7. The first-order valence-corrected chi connectivity index (χ1v) is 8.55. The van der Waals surface area contributed by atoms with E-state index in [4.69, 9.17) is 4.74 Å². The van der Waals surface area contributed by atoms with Crippen molar-refractivity contribution in [1.29, 1.82) is 0 Å². The first-order chi connectivity index (χ1) is 11.4. The van der Waals surface area contributed by atoms with Gasteiger partial charge in [0.1, 0.15) is 6.61 Å². The second-order valence-electron chi connectivity index (χ2n) is 6.45. The van der Waals surface area contributed by atoms with Gasteiger partial charge in [0, 0.05) is 43.8 Å². The number of hydrogen-bond donors (Lipinski definition) is 0. The minimum Gasteiger partial charge on any atom is -0.475 e. The zero-order chi connectivity index (χ0) is 15.5. The summed E-state index contributed by atoms with van der Waals surface area (Å²) < 4.78 is 8.06. The number of hydrogen-bond acceptors (Lipinski definition) is 5. The van der Waals surface area contributed by atoms with Gasteiger partial charge in [-0.2, -0.15) is 5.10 Å². The first kappa shape index (κ1) is 14.6. The highest BCUT2D eigenvalue weighted by Crippen LogP contribution is 2.29. The second-order valence-corrected chi connectivity index (χ2v) is 6.45. The van der Waals surface area contributed by atoms with Gasteiger partial charge in [-0.3, -0.25) is 14.6 Å². The van der Waals surface area contributed by atoms with Crippen LogP contribution >= 0.6 is 0 Å². The molecule has 2 aromatic heterocycles. The number of ether oxygens (including phenoxy) is 1. The Morgan fingerprint density at radius 2 is 2.04 bits per heavy atom. The van der Waals surface area contributed by atoms with Crippen molar-refractivity contribution in [2.75, 3.05) is 6.61 Å². The molecule has 0 radical (unpaired) electrons. The van der Waals surface area contributed by atoms with E-state index in [1.807, 2.05) is 6.20 Å². The van der Waals surface area contributed by atoms with Crippen LogP contribution in [0, 0.1) is 0 Å². The lowest BCUT2D eigenvalue weighted by atomic mass is 10.1. The van der Waals surface area contributed by atoms with Crippen LogP contribution in [0.2, 0.25) is 0 Å². The molecule has 3 heterocycles. The van der Waals surface area contributed by atoms with Gasteiger partial charge in [-0.15, -0.1) is 0 Å². The smallest absolute Gasteiger partial charge is 0.232 e. The Hall–Kier alpha value is -1.95. The van der Waals surface area contributed by atoms with Crippen LogP contribution in [0.5, 0.6) is 5.88 Å². The van der Waals surface area contributed by atoms with Crippen molar-refractivity contribution in [3.8, 4) is 5.88 Å². The van der Waals surface area contributed by atoms with Gasteiger partial charge in [-0.25, -0.2) is 4.98 Å². The molecule has 0 spiro atoms. The van der Waals surface area contributed by atoms with Crippen LogP contribution < -0.4 is 4.74 Å². The molecule has 0 bridgehead atoms. The van der Waals surface area contributed by atoms with E-state index in [0.717, 1.165) is 19.5 Å². The fraction of sp³-hybridized carbons (Fsp3) is 0.588. The summed E-state index contributed by atoms with van der Waals surface area (Å²) >= 11 is 0. The first-order valence-electron chi connectivity index (χ1n) is 8.55. The van der Waals surface area contributed by atoms with Crippen LogP contribution in [0.4, 0.5) is 0 Å². The summed E-state index contributed by atoms with van der Waals surface area (Å²) in [6.45, 7) is 2.60. The summed E-state index contributed by atoms with van der Waals surface area (Å²) in [4.78, 5) is 10.9. The highest BCUT2D eigenvalue weighted by Gasteiger charge is 2.32. The average molecular weight is 313 g/mol. The summed E-state index contributed by atoms with van der Waals surface area (Å²) in [6.07, 6.45) is 13.3. The molecule has 0 saturated heterocycles. The van der Waals surface area contributed by atoms with Crippen LogP contribution in [0.3, 0.4) is 0 Å². The van der Waals surface area contributed by atoms with E-state index in [2.05, 4.69) is 30.7 Å². The number of fused-ring (bicyclic) bond motifs is 1. The van der Waals surface area contributed by atoms with Crippen molar-refractivity contribution in [3.05, 3.63) is 36.5 Å².